The Morgan fingerprint density at radius 2 is 1.97 bits per heavy atom. The number of nitrogens with one attached hydrogen (secondary N) is 1. The van der Waals surface area contributed by atoms with Gasteiger partial charge in [-0.25, -0.2) is 9.67 Å². The van der Waals surface area contributed by atoms with Gasteiger partial charge in [0.15, 0.2) is 5.82 Å². The second kappa shape index (κ2) is 8.34. The number of aromatic amines is 1. The number of benzene rings is 1. The normalized spacial score (nSPS) is 20.5. The van der Waals surface area contributed by atoms with Crippen LogP contribution in [-0.2, 0) is 0 Å². The lowest BCUT2D eigenvalue weighted by Crippen LogP contribution is -2.43. The minimum atomic E-state index is -0.234. The van der Waals surface area contributed by atoms with E-state index in [1.165, 1.54) is 4.68 Å². The zero-order valence-electron chi connectivity index (χ0n) is 18.8. The second-order valence-corrected chi connectivity index (χ2v) is 9.16. The first-order valence-corrected chi connectivity index (χ1v) is 11.2. The van der Waals surface area contributed by atoms with Crippen molar-refractivity contribution in [1.29, 1.82) is 5.26 Å². The smallest absolute Gasteiger partial charge is 0.280 e. The van der Waals surface area contributed by atoms with Crippen LogP contribution in [0.25, 0.3) is 16.9 Å². The molecule has 8 heteroatoms. The molecule has 1 amide bonds. The quantitative estimate of drug-likeness (QED) is 0.672. The molecule has 0 saturated carbocycles. The van der Waals surface area contributed by atoms with Gasteiger partial charge in [0.2, 0.25) is 0 Å². The van der Waals surface area contributed by atoms with E-state index in [0.717, 1.165) is 43.7 Å². The van der Waals surface area contributed by atoms with Crippen LogP contribution in [0.5, 0.6) is 0 Å². The average Bonchev–Trinajstić information content (AvgIpc) is 3.39. The molecule has 5 rings (SSSR count). The first-order valence-electron chi connectivity index (χ1n) is 11.2. The summed E-state index contributed by atoms with van der Waals surface area (Å²) in [6.45, 7) is 5.61. The largest absolute Gasteiger partial charge is 0.338 e. The third-order valence-corrected chi connectivity index (χ3v) is 6.91. The molecule has 0 aliphatic carbocycles. The number of piperidine rings is 1. The fourth-order valence-corrected chi connectivity index (χ4v) is 5.18. The third-order valence-electron chi connectivity index (χ3n) is 6.91. The highest BCUT2D eigenvalue weighted by atomic mass is 16.2. The summed E-state index contributed by atoms with van der Waals surface area (Å²) in [4.78, 5) is 34.7. The first-order chi connectivity index (χ1) is 15.9. The number of aryl methyl sites for hydroxylation is 1. The summed E-state index contributed by atoms with van der Waals surface area (Å²) in [6.07, 6.45) is 4.23. The second-order valence-electron chi connectivity index (χ2n) is 9.16. The maximum absolute atomic E-state index is 13.0. The Morgan fingerprint density at radius 3 is 2.70 bits per heavy atom. The summed E-state index contributed by atoms with van der Waals surface area (Å²) in [5.74, 6) is 1.65. The fourth-order valence-electron chi connectivity index (χ4n) is 5.18. The van der Waals surface area contributed by atoms with Gasteiger partial charge in [-0.05, 0) is 67.6 Å². The highest BCUT2D eigenvalue weighted by molar-refractivity contribution is 5.94. The van der Waals surface area contributed by atoms with Gasteiger partial charge in [0, 0.05) is 38.6 Å². The Morgan fingerprint density at radius 1 is 1.15 bits per heavy atom. The number of pyridine rings is 1. The van der Waals surface area contributed by atoms with Crippen LogP contribution in [0.3, 0.4) is 0 Å². The molecule has 0 radical (unpaired) electrons. The van der Waals surface area contributed by atoms with Gasteiger partial charge >= 0.3 is 0 Å². The van der Waals surface area contributed by atoms with Crippen molar-refractivity contribution in [2.24, 2.45) is 11.8 Å². The summed E-state index contributed by atoms with van der Waals surface area (Å²) in [6, 6.07) is 10.8. The van der Waals surface area contributed by atoms with Crippen LogP contribution in [0.2, 0.25) is 0 Å². The Bertz CT molecular complexity index is 1300. The van der Waals surface area contributed by atoms with E-state index in [1.807, 2.05) is 11.8 Å². The van der Waals surface area contributed by atoms with Gasteiger partial charge in [-0.2, -0.15) is 5.26 Å². The van der Waals surface area contributed by atoms with Gasteiger partial charge in [-0.3, -0.25) is 14.7 Å². The van der Waals surface area contributed by atoms with Crippen molar-refractivity contribution in [3.8, 4) is 23.0 Å². The molecule has 2 atom stereocenters. The van der Waals surface area contributed by atoms with Crippen molar-refractivity contribution in [2.75, 3.05) is 33.2 Å². The topological polar surface area (TPSA) is 98.0 Å². The molecule has 3 aromatic rings. The van der Waals surface area contributed by atoms with Crippen LogP contribution < -0.4 is 5.56 Å². The van der Waals surface area contributed by atoms with E-state index >= 15 is 0 Å². The Labute approximate surface area is 192 Å². The lowest BCUT2D eigenvalue weighted by Gasteiger charge is -2.34. The molecular weight excluding hydrogens is 416 g/mol. The van der Waals surface area contributed by atoms with E-state index in [1.54, 1.807) is 42.7 Å². The Hall–Kier alpha value is -3.70. The summed E-state index contributed by atoms with van der Waals surface area (Å²) < 4.78 is 1.36. The van der Waals surface area contributed by atoms with Gasteiger partial charge in [-0.15, -0.1) is 0 Å². The van der Waals surface area contributed by atoms with Crippen molar-refractivity contribution in [1.82, 2.24) is 24.6 Å². The van der Waals surface area contributed by atoms with Crippen LogP contribution in [0.15, 0.2) is 47.5 Å². The molecule has 1 aromatic carbocycles. The highest BCUT2D eigenvalue weighted by Crippen LogP contribution is 2.31. The van der Waals surface area contributed by atoms with Crippen molar-refractivity contribution in [2.45, 2.75) is 13.3 Å². The minimum absolute atomic E-state index is 0.00483. The van der Waals surface area contributed by atoms with Crippen molar-refractivity contribution in [3.05, 3.63) is 69.8 Å². The van der Waals surface area contributed by atoms with Crippen LogP contribution in [0.4, 0.5) is 0 Å². The number of fused-ring (bicyclic) bond motifs is 1. The van der Waals surface area contributed by atoms with Gasteiger partial charge < -0.3 is 9.80 Å². The number of carbonyl (C=O) groups is 1. The number of H-pyrrole nitrogens is 1. The minimum Gasteiger partial charge on any atom is -0.338 e. The lowest BCUT2D eigenvalue weighted by atomic mass is 9.88. The van der Waals surface area contributed by atoms with Gasteiger partial charge in [0.05, 0.1) is 22.8 Å². The molecule has 4 heterocycles. The third kappa shape index (κ3) is 3.85. The van der Waals surface area contributed by atoms with Gasteiger partial charge in [0.1, 0.15) is 0 Å². The van der Waals surface area contributed by atoms with E-state index < -0.39 is 0 Å². The molecule has 2 unspecified atom stereocenters. The van der Waals surface area contributed by atoms with Crippen LogP contribution in [0.1, 0.15) is 27.9 Å². The summed E-state index contributed by atoms with van der Waals surface area (Å²) in [5.41, 5.74) is 2.97. The molecule has 8 nitrogen and oxygen atoms in total. The van der Waals surface area contributed by atoms with Gasteiger partial charge in [-0.1, -0.05) is 6.07 Å². The van der Waals surface area contributed by atoms with Gasteiger partial charge in [0.25, 0.3) is 11.5 Å². The van der Waals surface area contributed by atoms with Crippen LogP contribution in [0, 0.1) is 30.1 Å². The Kier molecular flexibility index (Phi) is 5.35. The molecule has 1 N–H and O–H groups in total. The van der Waals surface area contributed by atoms with Crippen molar-refractivity contribution >= 4 is 5.91 Å². The number of rotatable bonds is 3. The summed E-state index contributed by atoms with van der Waals surface area (Å²) >= 11 is 0. The molecule has 2 aliphatic rings. The van der Waals surface area contributed by atoms with Crippen LogP contribution in [-0.4, -0.2) is 63.7 Å². The predicted octanol–water partition coefficient (Wildman–Crippen LogP) is 2.43. The molecular formula is C25H26N6O2. The number of likely N-dealkylation sites (tertiary alicyclic amines) is 2. The summed E-state index contributed by atoms with van der Waals surface area (Å²) in [7, 11) is 2.14. The zero-order valence-corrected chi connectivity index (χ0v) is 18.8. The first kappa shape index (κ1) is 21.2. The molecule has 2 aromatic heterocycles. The molecule has 168 valence electrons. The van der Waals surface area contributed by atoms with E-state index in [2.05, 4.69) is 28.1 Å². The lowest BCUT2D eigenvalue weighted by molar-refractivity contribution is 0.0641. The molecule has 0 spiro atoms. The molecule has 2 fully saturated rings. The van der Waals surface area contributed by atoms with Crippen molar-refractivity contribution in [3.63, 3.8) is 0 Å². The van der Waals surface area contributed by atoms with Crippen molar-refractivity contribution < 1.29 is 4.79 Å². The Balaban J connectivity index is 1.35. The van der Waals surface area contributed by atoms with E-state index in [4.69, 9.17) is 5.26 Å². The standard InChI is InChI=1S/C25H26N6O2/c1-16-9-17(10-26)3-5-21(16)22-12-28-31(25(22)33)23-6-4-18(11-27-23)24(32)30-8-7-19-13-29(2)14-20(19)15-30/h3-6,9,11-12,19-20,28H,7-8,13-15H2,1-2H3. The van der Waals surface area contributed by atoms with E-state index in [-0.39, 0.29) is 11.5 Å². The number of nitriles is 1. The predicted molar refractivity (Wildman–Crippen MR) is 124 cm³/mol. The maximum atomic E-state index is 13.0. The zero-order chi connectivity index (χ0) is 23.1. The number of nitrogens with zero attached hydrogens (tertiary/aromatic N) is 5. The number of amides is 1. The highest BCUT2D eigenvalue weighted by Gasteiger charge is 2.37. The number of hydrogen-bond donors (Lipinski definition) is 1. The molecule has 2 saturated heterocycles. The molecule has 2 aliphatic heterocycles. The fraction of sp³-hybridized carbons (Fsp3) is 0.360. The average molecular weight is 443 g/mol. The molecule has 33 heavy (non-hydrogen) atoms. The summed E-state index contributed by atoms with van der Waals surface area (Å²) in [5, 5.41) is 12.0. The van der Waals surface area contributed by atoms with Crippen LogP contribution >= 0.6 is 0 Å². The monoisotopic (exact) mass is 442 g/mol. The number of carbonyl (C=O) groups excluding carboxylic acids is 1. The SMILES string of the molecule is Cc1cc(C#N)ccc1-c1c[nH]n(-c2ccc(C(=O)N3CCC4CN(C)CC4C3)cn2)c1=O. The number of aromatic nitrogens is 3. The maximum Gasteiger partial charge on any atom is 0.280 e. The van der Waals surface area contributed by atoms with E-state index in [0.29, 0.717) is 34.3 Å². The van der Waals surface area contributed by atoms with E-state index in [9.17, 15) is 9.59 Å². The molecule has 0 bridgehead atoms. The number of hydrogen-bond acceptors (Lipinski definition) is 5.